The average molecular weight is 214 g/mol. The summed E-state index contributed by atoms with van der Waals surface area (Å²) in [6, 6.07) is 2.04. The highest BCUT2D eigenvalue weighted by molar-refractivity contribution is 6.18. The highest BCUT2D eigenvalue weighted by Crippen LogP contribution is 1.95. The van der Waals surface area contributed by atoms with Crippen LogP contribution in [0.3, 0.4) is 0 Å². The first kappa shape index (κ1) is 11.3. The fourth-order valence-corrected chi connectivity index (χ4v) is 1.32. The summed E-state index contributed by atoms with van der Waals surface area (Å²) < 4.78 is 1.90. The molecule has 1 aromatic heterocycles. The van der Waals surface area contributed by atoms with Crippen LogP contribution in [-0.4, -0.2) is 28.8 Å². The molecule has 1 N–H and O–H groups in total. The van der Waals surface area contributed by atoms with Crippen LogP contribution in [0.15, 0.2) is 24.4 Å². The molecular formula is C10H16ClN3. The van der Waals surface area contributed by atoms with Gasteiger partial charge in [0.2, 0.25) is 0 Å². The van der Waals surface area contributed by atoms with Crippen molar-refractivity contribution in [2.24, 2.45) is 7.05 Å². The van der Waals surface area contributed by atoms with Crippen molar-refractivity contribution in [2.75, 3.05) is 19.0 Å². The zero-order chi connectivity index (χ0) is 10.2. The summed E-state index contributed by atoms with van der Waals surface area (Å²) in [6.45, 7) is 1.84. The molecule has 0 bridgehead atoms. The average Bonchev–Trinajstić information content (AvgIpc) is 2.58. The summed E-state index contributed by atoms with van der Waals surface area (Å²) in [5.41, 5.74) is 1.25. The van der Waals surface area contributed by atoms with E-state index in [1.165, 1.54) is 5.69 Å². The Hall–Kier alpha value is -0.800. The molecule has 78 valence electrons. The Morgan fingerprint density at radius 1 is 1.57 bits per heavy atom. The number of hydrogen-bond acceptors (Lipinski definition) is 2. The Morgan fingerprint density at radius 3 is 3.07 bits per heavy atom. The predicted octanol–water partition coefficient (Wildman–Crippen LogP) is 1.35. The van der Waals surface area contributed by atoms with Gasteiger partial charge in [0.25, 0.3) is 0 Å². The van der Waals surface area contributed by atoms with Crippen molar-refractivity contribution >= 4 is 11.6 Å². The van der Waals surface area contributed by atoms with Crippen LogP contribution >= 0.6 is 11.6 Å². The van der Waals surface area contributed by atoms with Gasteiger partial charge in [0.05, 0.1) is 0 Å². The highest BCUT2D eigenvalue weighted by Gasteiger charge is 1.96. The third-order valence-electron chi connectivity index (χ3n) is 2.00. The molecule has 0 saturated carbocycles. The van der Waals surface area contributed by atoms with E-state index in [-0.39, 0.29) is 0 Å². The van der Waals surface area contributed by atoms with Crippen molar-refractivity contribution in [3.05, 3.63) is 30.1 Å². The lowest BCUT2D eigenvalue weighted by Gasteiger charge is -2.02. The molecule has 0 unspecified atom stereocenters. The summed E-state index contributed by atoms with van der Waals surface area (Å²) in [7, 11) is 1.96. The summed E-state index contributed by atoms with van der Waals surface area (Å²) >= 11 is 5.49. The molecule has 0 aliphatic heterocycles. The molecule has 0 spiro atoms. The Bertz CT molecular complexity index is 281. The largest absolute Gasteiger partial charge is 0.313 e. The number of aryl methyl sites for hydroxylation is 1. The number of rotatable bonds is 6. The molecule has 0 radical (unpaired) electrons. The van der Waals surface area contributed by atoms with Gasteiger partial charge >= 0.3 is 0 Å². The summed E-state index contributed by atoms with van der Waals surface area (Å²) in [5.74, 6) is 0.587. The standard InChI is InChI=1S/C10H16ClN3/c1-14-10(5-9-13-14)4-8-12-7-3-2-6-11/h2-3,5,9,12H,4,6-8H2,1H3/b3-2+. The van der Waals surface area contributed by atoms with Gasteiger partial charge in [-0.1, -0.05) is 12.2 Å². The van der Waals surface area contributed by atoms with E-state index in [2.05, 4.69) is 10.4 Å². The molecule has 0 aromatic carbocycles. The van der Waals surface area contributed by atoms with Crippen LogP contribution in [0.2, 0.25) is 0 Å². The van der Waals surface area contributed by atoms with Gasteiger partial charge in [-0.3, -0.25) is 4.68 Å². The minimum absolute atomic E-state index is 0.587. The summed E-state index contributed by atoms with van der Waals surface area (Å²) in [4.78, 5) is 0. The number of nitrogens with zero attached hydrogens (tertiary/aromatic N) is 2. The van der Waals surface area contributed by atoms with Gasteiger partial charge in [-0.15, -0.1) is 11.6 Å². The second-order valence-electron chi connectivity index (χ2n) is 3.03. The van der Waals surface area contributed by atoms with Gasteiger partial charge in [-0.25, -0.2) is 0 Å². The fourth-order valence-electron chi connectivity index (χ4n) is 1.19. The topological polar surface area (TPSA) is 29.9 Å². The molecule has 14 heavy (non-hydrogen) atoms. The number of nitrogens with one attached hydrogen (secondary N) is 1. The quantitative estimate of drug-likeness (QED) is 0.439. The fraction of sp³-hybridized carbons (Fsp3) is 0.500. The van der Waals surface area contributed by atoms with E-state index in [0.29, 0.717) is 5.88 Å². The van der Waals surface area contributed by atoms with Crippen molar-refractivity contribution in [1.29, 1.82) is 0 Å². The van der Waals surface area contributed by atoms with Crippen molar-refractivity contribution in [3.8, 4) is 0 Å². The van der Waals surface area contributed by atoms with E-state index in [0.717, 1.165) is 19.5 Å². The van der Waals surface area contributed by atoms with Crippen LogP contribution in [-0.2, 0) is 13.5 Å². The van der Waals surface area contributed by atoms with Crippen LogP contribution in [0.5, 0.6) is 0 Å². The molecule has 0 atom stereocenters. The third kappa shape index (κ3) is 3.94. The van der Waals surface area contributed by atoms with E-state index >= 15 is 0 Å². The van der Waals surface area contributed by atoms with Gasteiger partial charge in [-0.05, 0) is 6.07 Å². The Labute approximate surface area is 89.8 Å². The predicted molar refractivity (Wildman–Crippen MR) is 59.6 cm³/mol. The molecule has 0 amide bonds. The first-order valence-electron chi connectivity index (χ1n) is 4.73. The maximum absolute atomic E-state index is 5.49. The SMILES string of the molecule is Cn1nccc1CCNC/C=C/CCl. The van der Waals surface area contributed by atoms with Crippen LogP contribution < -0.4 is 5.32 Å². The number of hydrogen-bond donors (Lipinski definition) is 1. The highest BCUT2D eigenvalue weighted by atomic mass is 35.5. The van der Waals surface area contributed by atoms with Gasteiger partial charge < -0.3 is 5.32 Å². The number of alkyl halides is 1. The third-order valence-corrected chi connectivity index (χ3v) is 2.18. The van der Waals surface area contributed by atoms with Gasteiger partial charge in [0.15, 0.2) is 0 Å². The minimum Gasteiger partial charge on any atom is -0.313 e. The van der Waals surface area contributed by atoms with E-state index < -0.39 is 0 Å². The lowest BCUT2D eigenvalue weighted by Crippen LogP contribution is -2.18. The molecule has 4 heteroatoms. The minimum atomic E-state index is 0.587. The molecule has 3 nitrogen and oxygen atoms in total. The van der Waals surface area contributed by atoms with Crippen LogP contribution in [0.4, 0.5) is 0 Å². The van der Waals surface area contributed by atoms with Crippen LogP contribution in [0, 0.1) is 0 Å². The summed E-state index contributed by atoms with van der Waals surface area (Å²) in [5, 5.41) is 7.40. The van der Waals surface area contributed by atoms with Gasteiger partial charge in [0, 0.05) is 44.3 Å². The van der Waals surface area contributed by atoms with Gasteiger partial charge in [-0.2, -0.15) is 5.10 Å². The number of halogens is 1. The van der Waals surface area contributed by atoms with Crippen LogP contribution in [0.1, 0.15) is 5.69 Å². The van der Waals surface area contributed by atoms with E-state index in [4.69, 9.17) is 11.6 Å². The van der Waals surface area contributed by atoms with Gasteiger partial charge in [0.1, 0.15) is 0 Å². The molecule has 0 saturated heterocycles. The van der Waals surface area contributed by atoms with Crippen LogP contribution in [0.25, 0.3) is 0 Å². The monoisotopic (exact) mass is 213 g/mol. The normalized spacial score (nSPS) is 11.3. The molecule has 1 heterocycles. The van der Waals surface area contributed by atoms with E-state index in [1.807, 2.05) is 36.1 Å². The zero-order valence-electron chi connectivity index (χ0n) is 8.41. The van der Waals surface area contributed by atoms with Crippen molar-refractivity contribution in [1.82, 2.24) is 15.1 Å². The van der Waals surface area contributed by atoms with E-state index in [9.17, 15) is 0 Å². The first-order valence-corrected chi connectivity index (χ1v) is 5.26. The maximum atomic E-state index is 5.49. The Balaban J connectivity index is 2.10. The molecule has 1 rings (SSSR count). The van der Waals surface area contributed by atoms with Crippen molar-refractivity contribution in [2.45, 2.75) is 6.42 Å². The van der Waals surface area contributed by atoms with Crippen molar-refractivity contribution < 1.29 is 0 Å². The number of allylic oxidation sites excluding steroid dienone is 1. The molecule has 0 aliphatic carbocycles. The lowest BCUT2D eigenvalue weighted by atomic mass is 10.3. The first-order chi connectivity index (χ1) is 6.84. The molecule has 0 aliphatic rings. The smallest absolute Gasteiger partial charge is 0.0492 e. The lowest BCUT2D eigenvalue weighted by molar-refractivity contribution is 0.668. The second-order valence-corrected chi connectivity index (χ2v) is 3.33. The molecular weight excluding hydrogens is 198 g/mol. The zero-order valence-corrected chi connectivity index (χ0v) is 9.17. The molecule has 1 aromatic rings. The van der Waals surface area contributed by atoms with Crippen molar-refractivity contribution in [3.63, 3.8) is 0 Å². The summed E-state index contributed by atoms with van der Waals surface area (Å²) in [6.07, 6.45) is 6.81. The Morgan fingerprint density at radius 2 is 2.43 bits per heavy atom. The second kappa shape index (κ2) is 6.62. The molecule has 0 fully saturated rings. The van der Waals surface area contributed by atoms with E-state index in [1.54, 1.807) is 0 Å². The number of aromatic nitrogens is 2. The Kier molecular flexibility index (Phi) is 5.33. The maximum Gasteiger partial charge on any atom is 0.0492 e.